The van der Waals surface area contributed by atoms with E-state index in [0.29, 0.717) is 4.73 Å². The zero-order valence-electron chi connectivity index (χ0n) is 15.9. The van der Waals surface area contributed by atoms with E-state index in [4.69, 9.17) is 20.7 Å². The fraction of sp³-hybridized carbons (Fsp3) is 0.357. The van der Waals surface area contributed by atoms with Crippen LogP contribution in [0, 0.1) is 0 Å². The average molecular weight is 472 g/mol. The van der Waals surface area contributed by atoms with Crippen molar-refractivity contribution in [1.29, 1.82) is 0 Å². The minimum absolute atomic E-state index is 0.0181. The van der Waals surface area contributed by atoms with Gasteiger partial charge in [0.1, 0.15) is 24.1 Å². The summed E-state index contributed by atoms with van der Waals surface area (Å²) in [5.41, 5.74) is 9.06. The van der Waals surface area contributed by atoms with Crippen LogP contribution in [0.25, 0.3) is 11.2 Å². The third kappa shape index (κ3) is 4.07. The predicted octanol–water partition coefficient (Wildman–Crippen LogP) is -3.29. The molecule has 0 aromatic carbocycles. The summed E-state index contributed by atoms with van der Waals surface area (Å²) in [5, 5.41) is 20.6. The van der Waals surface area contributed by atoms with E-state index in [0.717, 1.165) is 18.6 Å². The molecule has 4 rings (SSSR count). The van der Waals surface area contributed by atoms with Crippen LogP contribution in [0.5, 0.6) is 0 Å². The van der Waals surface area contributed by atoms with Gasteiger partial charge in [-0.2, -0.15) is 9.97 Å². The van der Waals surface area contributed by atoms with Crippen LogP contribution in [0.1, 0.15) is 6.23 Å². The molecule has 32 heavy (non-hydrogen) atoms. The number of phosphoric acid groups is 1. The number of imidazole rings is 1. The van der Waals surface area contributed by atoms with Gasteiger partial charge in [-0.05, 0) is 0 Å². The molecular weight excluding hydrogens is 455 g/mol. The van der Waals surface area contributed by atoms with Gasteiger partial charge in [-0.1, -0.05) is 0 Å². The molecule has 4 heterocycles. The highest BCUT2D eigenvalue weighted by atomic mass is 31.2. The first-order chi connectivity index (χ1) is 15.1. The number of aromatic amines is 1. The second-order valence-corrected chi connectivity index (χ2v) is 7.99. The molecule has 0 spiro atoms. The fourth-order valence-electron chi connectivity index (χ4n) is 3.00. The van der Waals surface area contributed by atoms with Crippen molar-refractivity contribution in [3.05, 3.63) is 39.4 Å². The molecule has 1 unspecified atom stereocenters. The molecule has 5 atom stereocenters. The van der Waals surface area contributed by atoms with Gasteiger partial charge in [-0.3, -0.25) is 23.8 Å². The van der Waals surface area contributed by atoms with Gasteiger partial charge in [0.2, 0.25) is 5.95 Å². The Labute approximate surface area is 176 Å². The molecule has 18 heteroatoms. The first kappa shape index (κ1) is 21.9. The fourth-order valence-corrected chi connectivity index (χ4v) is 3.72. The predicted molar refractivity (Wildman–Crippen MR) is 104 cm³/mol. The Morgan fingerprint density at radius 3 is 2.72 bits per heavy atom. The topological polar surface area (TPSA) is 256 Å². The quantitative estimate of drug-likeness (QED) is 0.192. The maximum absolute atomic E-state index is 12.1. The first-order valence-electron chi connectivity index (χ1n) is 8.82. The molecule has 0 saturated carbocycles. The Morgan fingerprint density at radius 2 is 2.00 bits per heavy atom. The van der Waals surface area contributed by atoms with Crippen molar-refractivity contribution >= 4 is 30.8 Å². The number of ether oxygens (including phenoxy) is 1. The molecule has 3 aromatic rings. The maximum atomic E-state index is 12.1. The summed E-state index contributed by atoms with van der Waals surface area (Å²) in [5.74, 6) is -0.334. The minimum atomic E-state index is -4.87. The van der Waals surface area contributed by atoms with Crippen LogP contribution in [-0.2, 0) is 13.8 Å². The second kappa shape index (κ2) is 7.97. The van der Waals surface area contributed by atoms with Crippen molar-refractivity contribution in [1.82, 2.24) is 29.2 Å². The van der Waals surface area contributed by atoms with E-state index in [-0.39, 0.29) is 22.9 Å². The van der Waals surface area contributed by atoms with Gasteiger partial charge in [-0.25, -0.2) is 14.3 Å². The standard InChI is InChI=1S/C14H17N8O9P/c15-6-1-2-22(14(26)18-6)31-32(27,28)29-3-5-8(23)9(24)12(30-5)21-4-17-7-10(21)19-13(16)20-11(7)25/h1-2,4-5,8-9,12,23-24H,3H2,(H,27,28)(H2,15,18,26)(H3,16,19,20,25)/t5-,8-,9-,12-/m1/s1. The molecule has 0 radical (unpaired) electrons. The number of anilines is 2. The largest absolute Gasteiger partial charge is 0.546 e. The summed E-state index contributed by atoms with van der Waals surface area (Å²) in [6.45, 7) is -0.720. The first-order valence-corrected chi connectivity index (χ1v) is 10.3. The van der Waals surface area contributed by atoms with E-state index in [1.54, 1.807) is 0 Å². The number of aliphatic hydroxyl groups excluding tert-OH is 2. The van der Waals surface area contributed by atoms with Crippen molar-refractivity contribution in [2.75, 3.05) is 18.1 Å². The Kier molecular flexibility index (Phi) is 5.45. The number of nitrogens with one attached hydrogen (secondary N) is 1. The van der Waals surface area contributed by atoms with Gasteiger partial charge in [0.15, 0.2) is 17.4 Å². The lowest BCUT2D eigenvalue weighted by atomic mass is 10.1. The van der Waals surface area contributed by atoms with Gasteiger partial charge in [0.25, 0.3) is 5.56 Å². The van der Waals surface area contributed by atoms with Crippen molar-refractivity contribution in [3.8, 4) is 0 Å². The molecule has 1 aliphatic rings. The minimum Gasteiger partial charge on any atom is -0.387 e. The number of hydrogen-bond donors (Lipinski definition) is 6. The normalized spacial score (nSPS) is 25.1. The second-order valence-electron chi connectivity index (χ2n) is 6.63. The number of nitrogen functional groups attached to an aromatic ring is 2. The van der Waals surface area contributed by atoms with Gasteiger partial charge in [0, 0.05) is 6.07 Å². The highest BCUT2D eigenvalue weighted by Crippen LogP contribution is 2.41. The number of phosphoric ester groups is 1. The Hall–Kier alpha value is -3.34. The number of nitrogens with two attached hydrogens (primary N) is 2. The monoisotopic (exact) mass is 472 g/mol. The highest BCUT2D eigenvalue weighted by molar-refractivity contribution is 7.47. The van der Waals surface area contributed by atoms with Gasteiger partial charge in [-0.15, -0.1) is 4.73 Å². The van der Waals surface area contributed by atoms with E-state index in [2.05, 4.69) is 24.6 Å². The van der Waals surface area contributed by atoms with E-state index >= 15 is 0 Å². The smallest absolute Gasteiger partial charge is 0.387 e. The summed E-state index contributed by atoms with van der Waals surface area (Å²) in [6.07, 6.45) is -3.60. The number of aliphatic hydroxyl groups is 2. The van der Waals surface area contributed by atoms with Crippen molar-refractivity contribution in [3.63, 3.8) is 0 Å². The van der Waals surface area contributed by atoms with Crippen LogP contribution in [-0.4, -0.2) is 69.3 Å². The molecule has 3 aromatic heterocycles. The lowest BCUT2D eigenvalue weighted by Crippen LogP contribution is -2.34. The zero-order valence-corrected chi connectivity index (χ0v) is 16.8. The zero-order chi connectivity index (χ0) is 23.2. The van der Waals surface area contributed by atoms with E-state index < -0.39 is 50.2 Å². The van der Waals surface area contributed by atoms with Gasteiger partial charge >= 0.3 is 13.5 Å². The van der Waals surface area contributed by atoms with Crippen molar-refractivity contribution in [2.24, 2.45) is 0 Å². The van der Waals surface area contributed by atoms with E-state index in [1.807, 2.05) is 0 Å². The maximum Gasteiger partial charge on any atom is 0.546 e. The number of nitrogens with zero attached hydrogens (tertiary/aromatic N) is 5. The molecule has 0 amide bonds. The molecule has 1 fully saturated rings. The van der Waals surface area contributed by atoms with Gasteiger partial charge < -0.3 is 31.0 Å². The number of hydrogen-bond acceptors (Lipinski definition) is 13. The van der Waals surface area contributed by atoms with Crippen LogP contribution in [0.3, 0.4) is 0 Å². The molecule has 1 aliphatic heterocycles. The molecule has 0 bridgehead atoms. The molecular formula is C14H17N8O9P. The molecule has 17 nitrogen and oxygen atoms in total. The summed E-state index contributed by atoms with van der Waals surface area (Å²) >= 11 is 0. The number of H-pyrrole nitrogens is 1. The number of fused-ring (bicyclic) bond motifs is 1. The SMILES string of the molecule is Nc1ccn(OP(=O)(O)OC[C@H]2O[C@@H](n3cnc4c(=O)[nH]c(N)nc43)[C@H](O)[C@@H]2O)c(=O)n1. The molecule has 8 N–H and O–H groups in total. The average Bonchev–Trinajstić information content (AvgIpc) is 3.24. The van der Waals surface area contributed by atoms with Crippen LogP contribution >= 0.6 is 7.82 Å². The highest BCUT2D eigenvalue weighted by Gasteiger charge is 2.45. The van der Waals surface area contributed by atoms with E-state index in [1.165, 1.54) is 4.57 Å². The Bertz CT molecular complexity index is 1320. The molecule has 1 saturated heterocycles. The summed E-state index contributed by atoms with van der Waals surface area (Å²) in [4.78, 5) is 46.8. The number of aromatic nitrogens is 6. The van der Waals surface area contributed by atoms with Crippen molar-refractivity contribution in [2.45, 2.75) is 24.5 Å². The summed E-state index contributed by atoms with van der Waals surface area (Å²) in [7, 11) is -4.87. The summed E-state index contributed by atoms with van der Waals surface area (Å²) in [6, 6.07) is 1.15. The lowest BCUT2D eigenvalue weighted by Gasteiger charge is -2.18. The Balaban J connectivity index is 1.48. The van der Waals surface area contributed by atoms with Crippen molar-refractivity contribution < 1.29 is 33.6 Å². The lowest BCUT2D eigenvalue weighted by molar-refractivity contribution is -0.0516. The molecule has 172 valence electrons. The molecule has 0 aliphatic carbocycles. The van der Waals surface area contributed by atoms with Crippen LogP contribution < -0.4 is 27.3 Å². The third-order valence-electron chi connectivity index (χ3n) is 4.45. The third-order valence-corrected chi connectivity index (χ3v) is 5.31. The Morgan fingerprint density at radius 1 is 1.25 bits per heavy atom. The number of rotatable bonds is 6. The van der Waals surface area contributed by atoms with Crippen LogP contribution in [0.4, 0.5) is 11.8 Å². The van der Waals surface area contributed by atoms with Gasteiger partial charge in [0.05, 0.1) is 19.1 Å². The summed E-state index contributed by atoms with van der Waals surface area (Å²) < 4.78 is 28.5. The van der Waals surface area contributed by atoms with Crippen LogP contribution in [0.15, 0.2) is 28.2 Å². The van der Waals surface area contributed by atoms with Crippen LogP contribution in [0.2, 0.25) is 0 Å². The van der Waals surface area contributed by atoms with E-state index in [9.17, 15) is 29.3 Å².